The molecule has 1 unspecified atom stereocenters. The second kappa shape index (κ2) is 3.41. The monoisotopic (exact) mass is 219 g/mol. The first kappa shape index (κ1) is 9.53. The molecule has 1 fully saturated rings. The Hall–Kier alpha value is -1.69. The van der Waals surface area contributed by atoms with Gasteiger partial charge in [-0.15, -0.1) is 0 Å². The van der Waals surface area contributed by atoms with Gasteiger partial charge in [0.2, 0.25) is 11.5 Å². The van der Waals surface area contributed by atoms with Gasteiger partial charge in [-0.3, -0.25) is 0 Å². The molecule has 2 aromatic heterocycles. The highest BCUT2D eigenvalue weighted by Crippen LogP contribution is 2.20. The molecule has 1 atom stereocenters. The van der Waals surface area contributed by atoms with Crippen molar-refractivity contribution in [3.05, 3.63) is 11.9 Å². The van der Waals surface area contributed by atoms with Crippen molar-refractivity contribution in [2.75, 3.05) is 18.0 Å². The lowest BCUT2D eigenvalue weighted by Crippen LogP contribution is -2.27. The zero-order valence-corrected chi connectivity index (χ0v) is 9.05. The normalized spacial score (nSPS) is 20.9. The maximum Gasteiger partial charge on any atom is 0.226 e. The number of hydrogen-bond donors (Lipinski definition) is 1. The summed E-state index contributed by atoms with van der Waals surface area (Å²) in [6.45, 7) is 3.60. The fourth-order valence-electron chi connectivity index (χ4n) is 1.97. The molecule has 0 saturated carbocycles. The average molecular weight is 219 g/mol. The van der Waals surface area contributed by atoms with E-state index in [2.05, 4.69) is 20.0 Å². The largest absolute Gasteiger partial charge is 0.353 e. The zero-order valence-electron chi connectivity index (χ0n) is 9.05. The second-order valence-corrected chi connectivity index (χ2v) is 4.15. The quantitative estimate of drug-likeness (QED) is 0.750. The van der Waals surface area contributed by atoms with E-state index in [1.165, 1.54) is 0 Å². The summed E-state index contributed by atoms with van der Waals surface area (Å²) in [5.41, 5.74) is 8.06. The Balaban J connectivity index is 2.01. The summed E-state index contributed by atoms with van der Waals surface area (Å²) < 4.78 is 5.07. The fraction of sp³-hybridized carbons (Fsp3) is 0.500. The Kier molecular flexibility index (Phi) is 2.03. The van der Waals surface area contributed by atoms with Gasteiger partial charge in [-0.2, -0.15) is 0 Å². The van der Waals surface area contributed by atoms with Gasteiger partial charge < -0.3 is 15.2 Å². The summed E-state index contributed by atoms with van der Waals surface area (Å²) in [7, 11) is 0. The van der Waals surface area contributed by atoms with E-state index in [0.29, 0.717) is 11.5 Å². The molecule has 1 aliphatic heterocycles. The Morgan fingerprint density at radius 3 is 3.19 bits per heavy atom. The van der Waals surface area contributed by atoms with Crippen LogP contribution in [0.4, 0.5) is 5.95 Å². The van der Waals surface area contributed by atoms with Crippen molar-refractivity contribution >= 4 is 17.0 Å². The summed E-state index contributed by atoms with van der Waals surface area (Å²) in [5, 5.41) is 3.86. The van der Waals surface area contributed by atoms with E-state index < -0.39 is 0 Å². The molecule has 84 valence electrons. The van der Waals surface area contributed by atoms with Crippen molar-refractivity contribution in [1.29, 1.82) is 0 Å². The molecule has 2 aromatic rings. The maximum absolute atomic E-state index is 5.86. The highest BCUT2D eigenvalue weighted by atomic mass is 16.5. The van der Waals surface area contributed by atoms with Crippen LogP contribution in [-0.4, -0.2) is 34.3 Å². The van der Waals surface area contributed by atoms with Gasteiger partial charge in [-0.25, -0.2) is 9.97 Å². The van der Waals surface area contributed by atoms with Crippen LogP contribution in [0.1, 0.15) is 12.1 Å². The van der Waals surface area contributed by atoms with Crippen LogP contribution in [0.5, 0.6) is 0 Å². The molecular formula is C10H13N5O. The minimum absolute atomic E-state index is 0.225. The Labute approximate surface area is 92.4 Å². The summed E-state index contributed by atoms with van der Waals surface area (Å²) in [5.74, 6) is 0.715. The first-order chi connectivity index (χ1) is 7.74. The van der Waals surface area contributed by atoms with Crippen molar-refractivity contribution in [1.82, 2.24) is 15.1 Å². The van der Waals surface area contributed by atoms with E-state index >= 15 is 0 Å². The van der Waals surface area contributed by atoms with Crippen LogP contribution in [0.3, 0.4) is 0 Å². The zero-order chi connectivity index (χ0) is 11.1. The van der Waals surface area contributed by atoms with Crippen LogP contribution >= 0.6 is 0 Å². The fourth-order valence-corrected chi connectivity index (χ4v) is 1.97. The first-order valence-corrected chi connectivity index (χ1v) is 5.33. The minimum atomic E-state index is 0.225. The van der Waals surface area contributed by atoms with Crippen LogP contribution in [0.25, 0.3) is 11.1 Å². The Bertz CT molecular complexity index is 523. The van der Waals surface area contributed by atoms with E-state index in [4.69, 9.17) is 10.3 Å². The molecule has 0 aromatic carbocycles. The molecule has 0 spiro atoms. The number of aromatic nitrogens is 3. The van der Waals surface area contributed by atoms with Crippen molar-refractivity contribution in [2.45, 2.75) is 19.4 Å². The van der Waals surface area contributed by atoms with Gasteiger partial charge in [0.15, 0.2) is 0 Å². The number of anilines is 1. The number of nitrogens with two attached hydrogens (primary N) is 1. The van der Waals surface area contributed by atoms with Crippen LogP contribution in [0.2, 0.25) is 0 Å². The van der Waals surface area contributed by atoms with E-state index in [1.54, 1.807) is 6.20 Å². The molecule has 0 bridgehead atoms. The van der Waals surface area contributed by atoms with E-state index in [9.17, 15) is 0 Å². The van der Waals surface area contributed by atoms with Gasteiger partial charge in [-0.1, -0.05) is 5.16 Å². The maximum atomic E-state index is 5.86. The predicted octanol–water partition coefficient (Wildman–Crippen LogP) is 0.464. The molecule has 0 radical (unpaired) electrons. The highest BCUT2D eigenvalue weighted by molar-refractivity contribution is 5.74. The lowest BCUT2D eigenvalue weighted by atomic mass is 10.3. The van der Waals surface area contributed by atoms with Crippen LogP contribution in [-0.2, 0) is 0 Å². The van der Waals surface area contributed by atoms with E-state index in [1.807, 2.05) is 6.92 Å². The number of nitrogens with zero attached hydrogens (tertiary/aromatic N) is 4. The van der Waals surface area contributed by atoms with E-state index in [0.717, 1.165) is 30.7 Å². The standard InChI is InChI=1S/C10H13N5O/c1-6-9-8(16-14-6)4-12-10(13-9)15-3-2-7(11)5-15/h4,7H,2-3,5,11H2,1H3. The van der Waals surface area contributed by atoms with Crippen LogP contribution < -0.4 is 10.6 Å². The van der Waals surface area contributed by atoms with Gasteiger partial charge >= 0.3 is 0 Å². The third-order valence-electron chi connectivity index (χ3n) is 2.87. The van der Waals surface area contributed by atoms with Gasteiger partial charge in [0, 0.05) is 19.1 Å². The van der Waals surface area contributed by atoms with Crippen molar-refractivity contribution in [3.63, 3.8) is 0 Å². The Morgan fingerprint density at radius 2 is 2.44 bits per heavy atom. The molecule has 6 heteroatoms. The molecule has 0 amide bonds. The molecule has 3 heterocycles. The molecule has 2 N–H and O–H groups in total. The van der Waals surface area contributed by atoms with Gasteiger partial charge in [-0.05, 0) is 13.3 Å². The van der Waals surface area contributed by atoms with Crippen molar-refractivity contribution in [2.24, 2.45) is 5.73 Å². The lowest BCUT2D eigenvalue weighted by Gasteiger charge is -2.14. The molecule has 16 heavy (non-hydrogen) atoms. The van der Waals surface area contributed by atoms with Crippen LogP contribution in [0.15, 0.2) is 10.7 Å². The third kappa shape index (κ3) is 1.42. The number of fused-ring (bicyclic) bond motifs is 1. The van der Waals surface area contributed by atoms with Crippen molar-refractivity contribution in [3.8, 4) is 0 Å². The van der Waals surface area contributed by atoms with E-state index in [-0.39, 0.29) is 6.04 Å². The lowest BCUT2D eigenvalue weighted by molar-refractivity contribution is 0.449. The summed E-state index contributed by atoms with van der Waals surface area (Å²) in [6, 6.07) is 0.225. The Morgan fingerprint density at radius 1 is 1.56 bits per heavy atom. The van der Waals surface area contributed by atoms with Gasteiger partial charge in [0.05, 0.1) is 6.20 Å². The predicted molar refractivity (Wildman–Crippen MR) is 59.1 cm³/mol. The molecular weight excluding hydrogens is 206 g/mol. The third-order valence-corrected chi connectivity index (χ3v) is 2.87. The number of aryl methyl sites for hydroxylation is 1. The highest BCUT2D eigenvalue weighted by Gasteiger charge is 2.22. The SMILES string of the molecule is Cc1noc2cnc(N3CCC(N)C3)nc12. The molecule has 0 aliphatic carbocycles. The van der Waals surface area contributed by atoms with Gasteiger partial charge in [0.1, 0.15) is 11.2 Å². The van der Waals surface area contributed by atoms with Crippen molar-refractivity contribution < 1.29 is 4.52 Å². The summed E-state index contributed by atoms with van der Waals surface area (Å²) in [6.07, 6.45) is 2.66. The first-order valence-electron chi connectivity index (χ1n) is 5.33. The topological polar surface area (TPSA) is 81.1 Å². The molecule has 6 nitrogen and oxygen atoms in total. The summed E-state index contributed by atoms with van der Waals surface area (Å²) in [4.78, 5) is 10.8. The van der Waals surface area contributed by atoms with Crippen LogP contribution in [0, 0.1) is 6.92 Å². The average Bonchev–Trinajstić information content (AvgIpc) is 2.86. The van der Waals surface area contributed by atoms with Gasteiger partial charge in [0.25, 0.3) is 0 Å². The summed E-state index contributed by atoms with van der Waals surface area (Å²) >= 11 is 0. The minimum Gasteiger partial charge on any atom is -0.353 e. The molecule has 3 rings (SSSR count). The molecule has 1 saturated heterocycles. The number of hydrogen-bond acceptors (Lipinski definition) is 6. The number of rotatable bonds is 1. The second-order valence-electron chi connectivity index (χ2n) is 4.15. The smallest absolute Gasteiger partial charge is 0.226 e. The molecule has 1 aliphatic rings.